The number of benzene rings is 1. The van der Waals surface area contributed by atoms with Crippen molar-refractivity contribution in [3.63, 3.8) is 0 Å². The Balaban J connectivity index is 2.55. The van der Waals surface area contributed by atoms with E-state index >= 15 is 0 Å². The van der Waals surface area contributed by atoms with Crippen LogP contribution >= 0.6 is 22.6 Å². The number of nitrogens with zero attached hydrogens (tertiary/aromatic N) is 1. The Morgan fingerprint density at radius 2 is 1.88 bits per heavy atom. The van der Waals surface area contributed by atoms with Gasteiger partial charge in [-0.05, 0) is 52.4 Å². The quantitative estimate of drug-likeness (QED) is 0.697. The highest BCUT2D eigenvalue weighted by Crippen LogP contribution is 2.34. The Hall–Kier alpha value is -1.11. The van der Waals surface area contributed by atoms with E-state index in [9.17, 15) is 13.2 Å². The Bertz CT molecular complexity index is 523. The monoisotopic (exact) mass is 349 g/mol. The Morgan fingerprint density at radius 3 is 2.47 bits per heavy atom. The molecule has 0 radical (unpaired) electrons. The van der Waals surface area contributed by atoms with E-state index in [4.69, 9.17) is 0 Å². The van der Waals surface area contributed by atoms with Gasteiger partial charge in [0.05, 0.1) is 5.56 Å². The molecule has 17 heavy (non-hydrogen) atoms. The van der Waals surface area contributed by atoms with Gasteiger partial charge < -0.3 is 0 Å². The molecule has 0 atom stereocenters. The molecular formula is C12H7F3IN. The molecule has 2 rings (SSSR count). The largest absolute Gasteiger partial charge is 0.416 e. The predicted octanol–water partition coefficient (Wildman–Crippen LogP) is 4.37. The maximum Gasteiger partial charge on any atom is 0.416 e. The molecule has 88 valence electrons. The minimum absolute atomic E-state index is 0.550. The number of aromatic nitrogens is 1. The van der Waals surface area contributed by atoms with Crippen LogP contribution in [0.1, 0.15) is 5.56 Å². The van der Waals surface area contributed by atoms with Crippen LogP contribution in [0.15, 0.2) is 42.7 Å². The molecule has 0 aliphatic heterocycles. The van der Waals surface area contributed by atoms with Crippen molar-refractivity contribution in [1.29, 1.82) is 0 Å². The molecule has 1 aromatic carbocycles. The predicted molar refractivity (Wildman–Crippen MR) is 67.4 cm³/mol. The third-order valence-electron chi connectivity index (χ3n) is 2.27. The molecule has 0 saturated heterocycles. The Kier molecular flexibility index (Phi) is 3.37. The van der Waals surface area contributed by atoms with Crippen molar-refractivity contribution >= 4 is 22.6 Å². The molecule has 2 aromatic rings. The first-order valence-corrected chi connectivity index (χ1v) is 5.83. The standard InChI is InChI=1S/C12H7F3IN/c13-12(14,15)9-3-4-11(16)10(6-9)8-2-1-5-17-7-8/h1-7H. The summed E-state index contributed by atoms with van der Waals surface area (Å²) < 4.78 is 38.6. The van der Waals surface area contributed by atoms with Crippen LogP contribution in [-0.4, -0.2) is 4.98 Å². The van der Waals surface area contributed by atoms with Crippen LogP contribution in [0.4, 0.5) is 13.2 Å². The molecule has 0 N–H and O–H groups in total. The number of pyridine rings is 1. The van der Waals surface area contributed by atoms with Gasteiger partial charge in [-0.3, -0.25) is 4.98 Å². The number of hydrogen-bond donors (Lipinski definition) is 0. The first-order chi connectivity index (χ1) is 7.98. The third-order valence-corrected chi connectivity index (χ3v) is 3.21. The lowest BCUT2D eigenvalue weighted by Gasteiger charge is -2.10. The van der Waals surface area contributed by atoms with Crippen LogP contribution in [0.3, 0.4) is 0 Å². The van der Waals surface area contributed by atoms with Gasteiger partial charge in [0, 0.05) is 21.5 Å². The Morgan fingerprint density at radius 1 is 1.12 bits per heavy atom. The van der Waals surface area contributed by atoms with Gasteiger partial charge in [-0.15, -0.1) is 0 Å². The van der Waals surface area contributed by atoms with E-state index in [1.165, 1.54) is 6.07 Å². The Labute approximate surface area is 110 Å². The van der Waals surface area contributed by atoms with Crippen LogP contribution in [0, 0.1) is 3.57 Å². The smallest absolute Gasteiger partial charge is 0.264 e. The molecule has 1 heterocycles. The van der Waals surface area contributed by atoms with Crippen molar-refractivity contribution < 1.29 is 13.2 Å². The highest BCUT2D eigenvalue weighted by atomic mass is 127. The van der Waals surface area contributed by atoms with Gasteiger partial charge in [0.1, 0.15) is 0 Å². The zero-order chi connectivity index (χ0) is 12.5. The van der Waals surface area contributed by atoms with E-state index in [1.54, 1.807) is 24.5 Å². The van der Waals surface area contributed by atoms with E-state index < -0.39 is 11.7 Å². The zero-order valence-electron chi connectivity index (χ0n) is 8.50. The lowest BCUT2D eigenvalue weighted by atomic mass is 10.0. The van der Waals surface area contributed by atoms with Gasteiger partial charge in [-0.2, -0.15) is 13.2 Å². The van der Waals surface area contributed by atoms with Crippen molar-refractivity contribution in [3.8, 4) is 11.1 Å². The van der Waals surface area contributed by atoms with Gasteiger partial charge in [0.2, 0.25) is 0 Å². The van der Waals surface area contributed by atoms with E-state index in [0.29, 0.717) is 11.1 Å². The van der Waals surface area contributed by atoms with Gasteiger partial charge in [0.25, 0.3) is 0 Å². The number of hydrogen-bond acceptors (Lipinski definition) is 1. The summed E-state index contributed by atoms with van der Waals surface area (Å²) >= 11 is 2.01. The normalized spacial score (nSPS) is 11.5. The summed E-state index contributed by atoms with van der Waals surface area (Å²) in [7, 11) is 0. The highest BCUT2D eigenvalue weighted by molar-refractivity contribution is 14.1. The molecule has 0 fully saturated rings. The highest BCUT2D eigenvalue weighted by Gasteiger charge is 2.30. The van der Waals surface area contributed by atoms with Crippen LogP contribution in [0.5, 0.6) is 0 Å². The van der Waals surface area contributed by atoms with E-state index in [0.717, 1.165) is 15.7 Å². The van der Waals surface area contributed by atoms with Crippen molar-refractivity contribution in [1.82, 2.24) is 4.98 Å². The van der Waals surface area contributed by atoms with Crippen molar-refractivity contribution in [2.75, 3.05) is 0 Å². The van der Waals surface area contributed by atoms with E-state index in [1.807, 2.05) is 22.6 Å². The number of alkyl halides is 3. The molecule has 0 unspecified atom stereocenters. The van der Waals surface area contributed by atoms with E-state index in [-0.39, 0.29) is 0 Å². The van der Waals surface area contributed by atoms with Crippen molar-refractivity contribution in [2.24, 2.45) is 0 Å². The van der Waals surface area contributed by atoms with Crippen LogP contribution in [0.2, 0.25) is 0 Å². The molecule has 0 bridgehead atoms. The summed E-state index contributed by atoms with van der Waals surface area (Å²) in [6.45, 7) is 0. The SMILES string of the molecule is FC(F)(F)c1ccc(I)c(-c2cccnc2)c1. The summed E-state index contributed by atoms with van der Waals surface area (Å²) in [5, 5.41) is 0. The fraction of sp³-hybridized carbons (Fsp3) is 0.0833. The average Bonchev–Trinajstić information content (AvgIpc) is 2.29. The maximum atomic E-state index is 12.6. The summed E-state index contributed by atoms with van der Waals surface area (Å²) in [5.41, 5.74) is 0.591. The van der Waals surface area contributed by atoms with Crippen molar-refractivity contribution in [2.45, 2.75) is 6.18 Å². The van der Waals surface area contributed by atoms with Gasteiger partial charge in [-0.1, -0.05) is 6.07 Å². The molecule has 0 amide bonds. The maximum absolute atomic E-state index is 12.6. The van der Waals surface area contributed by atoms with Gasteiger partial charge >= 0.3 is 6.18 Å². The second-order valence-corrected chi connectivity index (χ2v) is 4.60. The summed E-state index contributed by atoms with van der Waals surface area (Å²) in [6.07, 6.45) is -1.18. The van der Waals surface area contributed by atoms with E-state index in [2.05, 4.69) is 4.98 Å². The second kappa shape index (κ2) is 4.64. The molecular weight excluding hydrogens is 342 g/mol. The molecule has 0 aliphatic rings. The number of halogens is 4. The molecule has 0 aliphatic carbocycles. The van der Waals surface area contributed by atoms with Gasteiger partial charge in [-0.25, -0.2) is 0 Å². The minimum Gasteiger partial charge on any atom is -0.264 e. The first kappa shape index (κ1) is 12.3. The van der Waals surface area contributed by atoms with Crippen LogP contribution in [0.25, 0.3) is 11.1 Å². The summed E-state index contributed by atoms with van der Waals surface area (Å²) in [5.74, 6) is 0. The topological polar surface area (TPSA) is 12.9 Å². The molecule has 5 heteroatoms. The molecule has 0 saturated carbocycles. The minimum atomic E-state index is -4.32. The summed E-state index contributed by atoms with van der Waals surface area (Å²) in [4.78, 5) is 3.91. The molecule has 0 spiro atoms. The van der Waals surface area contributed by atoms with Crippen LogP contribution in [-0.2, 0) is 6.18 Å². The van der Waals surface area contributed by atoms with Gasteiger partial charge in [0.15, 0.2) is 0 Å². The van der Waals surface area contributed by atoms with Crippen LogP contribution < -0.4 is 0 Å². The summed E-state index contributed by atoms with van der Waals surface area (Å²) in [6, 6.07) is 7.14. The first-order valence-electron chi connectivity index (χ1n) is 4.75. The van der Waals surface area contributed by atoms with Crippen molar-refractivity contribution in [3.05, 3.63) is 51.9 Å². The third kappa shape index (κ3) is 2.77. The average molecular weight is 349 g/mol. The zero-order valence-corrected chi connectivity index (χ0v) is 10.7. The second-order valence-electron chi connectivity index (χ2n) is 3.43. The molecule has 1 aromatic heterocycles. The lowest BCUT2D eigenvalue weighted by Crippen LogP contribution is -2.05. The fourth-order valence-corrected chi connectivity index (χ4v) is 2.09. The number of rotatable bonds is 1. The molecule has 1 nitrogen and oxygen atoms in total. The lowest BCUT2D eigenvalue weighted by molar-refractivity contribution is -0.137. The fourth-order valence-electron chi connectivity index (χ4n) is 1.44.